The van der Waals surface area contributed by atoms with Gasteiger partial charge in [-0.15, -0.1) is 0 Å². The molecule has 0 aliphatic carbocycles. The zero-order chi connectivity index (χ0) is 13.0. The van der Waals surface area contributed by atoms with Crippen LogP contribution < -0.4 is 5.32 Å². The molecule has 2 aliphatic heterocycles. The first-order chi connectivity index (χ1) is 8.65. The maximum atomic E-state index is 5.47. The van der Waals surface area contributed by atoms with Gasteiger partial charge in [-0.05, 0) is 38.0 Å². The Morgan fingerprint density at radius 1 is 1.28 bits per heavy atom. The van der Waals surface area contributed by atoms with Gasteiger partial charge in [0.05, 0.1) is 0 Å². The van der Waals surface area contributed by atoms with Crippen LogP contribution in [0.15, 0.2) is 0 Å². The highest BCUT2D eigenvalue weighted by molar-refractivity contribution is 4.86. The molecule has 0 amide bonds. The summed E-state index contributed by atoms with van der Waals surface area (Å²) in [4.78, 5) is 2.75. The maximum absolute atomic E-state index is 5.47. The lowest BCUT2D eigenvalue weighted by Crippen LogP contribution is -2.57. The zero-order valence-electron chi connectivity index (χ0n) is 12.3. The van der Waals surface area contributed by atoms with E-state index in [1.807, 2.05) is 0 Å². The van der Waals surface area contributed by atoms with Crippen molar-refractivity contribution >= 4 is 0 Å². The van der Waals surface area contributed by atoms with Gasteiger partial charge in [-0.25, -0.2) is 0 Å². The minimum Gasteiger partial charge on any atom is -0.381 e. The number of hydrogen-bond acceptors (Lipinski definition) is 3. The molecule has 0 aromatic rings. The molecule has 0 bridgehead atoms. The van der Waals surface area contributed by atoms with E-state index in [4.69, 9.17) is 4.74 Å². The van der Waals surface area contributed by atoms with Crippen molar-refractivity contribution in [3.05, 3.63) is 0 Å². The molecule has 2 unspecified atom stereocenters. The van der Waals surface area contributed by atoms with Crippen LogP contribution in [0.5, 0.6) is 0 Å². The normalized spacial score (nSPS) is 32.0. The van der Waals surface area contributed by atoms with E-state index in [0.29, 0.717) is 6.04 Å². The fourth-order valence-corrected chi connectivity index (χ4v) is 3.29. The molecule has 1 N–H and O–H groups in total. The Hall–Kier alpha value is -0.120. The van der Waals surface area contributed by atoms with Crippen LogP contribution in [-0.2, 0) is 4.74 Å². The number of rotatable bonds is 4. The fraction of sp³-hybridized carbons (Fsp3) is 1.00. The smallest absolute Gasteiger partial charge is 0.0469 e. The molecule has 3 nitrogen and oxygen atoms in total. The predicted octanol–water partition coefficient (Wildman–Crippen LogP) is 2.12. The average Bonchev–Trinajstić information content (AvgIpc) is 2.33. The van der Waals surface area contributed by atoms with Gasteiger partial charge in [0.2, 0.25) is 0 Å². The van der Waals surface area contributed by atoms with E-state index in [9.17, 15) is 0 Å². The van der Waals surface area contributed by atoms with E-state index in [1.165, 1.54) is 38.9 Å². The summed E-state index contributed by atoms with van der Waals surface area (Å²) in [5, 5.41) is 3.64. The van der Waals surface area contributed by atoms with Gasteiger partial charge in [-0.2, -0.15) is 0 Å². The Labute approximate surface area is 112 Å². The number of nitrogens with zero attached hydrogens (tertiary/aromatic N) is 1. The van der Waals surface area contributed by atoms with Crippen molar-refractivity contribution in [3.63, 3.8) is 0 Å². The maximum Gasteiger partial charge on any atom is 0.0469 e. The Morgan fingerprint density at radius 2 is 2.00 bits per heavy atom. The lowest BCUT2D eigenvalue weighted by Gasteiger charge is -2.42. The summed E-state index contributed by atoms with van der Waals surface area (Å²) in [6.45, 7) is 12.6. The van der Waals surface area contributed by atoms with Gasteiger partial charge >= 0.3 is 0 Å². The van der Waals surface area contributed by atoms with Crippen LogP contribution in [0, 0.1) is 11.8 Å². The molecule has 2 atom stereocenters. The molecule has 2 saturated heterocycles. The molecule has 0 aromatic heterocycles. The van der Waals surface area contributed by atoms with E-state index < -0.39 is 0 Å². The number of piperazine rings is 1. The van der Waals surface area contributed by atoms with Gasteiger partial charge in [0.15, 0.2) is 0 Å². The third kappa shape index (κ3) is 4.22. The van der Waals surface area contributed by atoms with E-state index in [2.05, 4.69) is 31.0 Å². The van der Waals surface area contributed by atoms with Crippen molar-refractivity contribution in [3.8, 4) is 0 Å². The minimum atomic E-state index is 0.647. The van der Waals surface area contributed by atoms with Gasteiger partial charge < -0.3 is 10.1 Å². The second kappa shape index (κ2) is 6.88. The second-order valence-electron chi connectivity index (χ2n) is 6.60. The summed E-state index contributed by atoms with van der Waals surface area (Å²) in [6.07, 6.45) is 3.84. The third-order valence-electron chi connectivity index (χ3n) is 4.30. The van der Waals surface area contributed by atoms with Crippen LogP contribution in [0.4, 0.5) is 0 Å². The molecule has 2 aliphatic rings. The molecule has 2 fully saturated rings. The standard InChI is InChI=1S/C15H30N2O/c1-12(2)8-15-9-16-13(3)10-17(15)11-14-4-6-18-7-5-14/h12-16H,4-11H2,1-3H3. The lowest BCUT2D eigenvalue weighted by molar-refractivity contribution is 0.0333. The quantitative estimate of drug-likeness (QED) is 0.832. The first-order valence-corrected chi connectivity index (χ1v) is 7.70. The predicted molar refractivity (Wildman–Crippen MR) is 75.8 cm³/mol. The van der Waals surface area contributed by atoms with Crippen LogP contribution in [0.3, 0.4) is 0 Å². The molecule has 0 saturated carbocycles. The molecule has 0 spiro atoms. The first-order valence-electron chi connectivity index (χ1n) is 7.70. The SMILES string of the molecule is CC(C)CC1CNC(C)CN1CC1CCOCC1. The van der Waals surface area contributed by atoms with E-state index in [-0.39, 0.29) is 0 Å². The summed E-state index contributed by atoms with van der Waals surface area (Å²) in [5.41, 5.74) is 0. The number of nitrogens with one attached hydrogen (secondary N) is 1. The Bertz CT molecular complexity index is 239. The molecule has 0 radical (unpaired) electrons. The molecule has 0 aromatic carbocycles. The van der Waals surface area contributed by atoms with Crippen LogP contribution in [0.25, 0.3) is 0 Å². The number of hydrogen-bond donors (Lipinski definition) is 1. The first kappa shape index (κ1) is 14.3. The van der Waals surface area contributed by atoms with Gasteiger partial charge in [-0.1, -0.05) is 13.8 Å². The number of ether oxygens (including phenoxy) is 1. The molecule has 2 heterocycles. The van der Waals surface area contributed by atoms with E-state index in [1.54, 1.807) is 0 Å². The molecule has 18 heavy (non-hydrogen) atoms. The van der Waals surface area contributed by atoms with Crippen LogP contribution in [-0.4, -0.2) is 49.8 Å². The Morgan fingerprint density at radius 3 is 2.67 bits per heavy atom. The third-order valence-corrected chi connectivity index (χ3v) is 4.30. The van der Waals surface area contributed by atoms with Gasteiger partial charge in [0, 0.05) is 44.9 Å². The van der Waals surface area contributed by atoms with Crippen LogP contribution in [0.1, 0.15) is 40.0 Å². The van der Waals surface area contributed by atoms with Crippen molar-refractivity contribution in [1.29, 1.82) is 0 Å². The highest BCUT2D eigenvalue weighted by atomic mass is 16.5. The summed E-state index contributed by atoms with van der Waals surface area (Å²) in [6, 6.07) is 1.39. The van der Waals surface area contributed by atoms with Crippen molar-refractivity contribution in [2.45, 2.75) is 52.1 Å². The van der Waals surface area contributed by atoms with E-state index in [0.717, 1.165) is 31.1 Å². The zero-order valence-corrected chi connectivity index (χ0v) is 12.3. The van der Waals surface area contributed by atoms with Crippen molar-refractivity contribution in [1.82, 2.24) is 10.2 Å². The topological polar surface area (TPSA) is 24.5 Å². The van der Waals surface area contributed by atoms with Crippen molar-refractivity contribution < 1.29 is 4.74 Å². The Kier molecular flexibility index (Phi) is 5.46. The van der Waals surface area contributed by atoms with Gasteiger partial charge in [-0.3, -0.25) is 4.90 Å². The highest BCUT2D eigenvalue weighted by Crippen LogP contribution is 2.21. The fourth-order valence-electron chi connectivity index (χ4n) is 3.29. The molecular formula is C15H30N2O. The second-order valence-corrected chi connectivity index (χ2v) is 6.60. The lowest BCUT2D eigenvalue weighted by atomic mass is 9.95. The Balaban J connectivity index is 1.87. The molecular weight excluding hydrogens is 224 g/mol. The summed E-state index contributed by atoms with van der Waals surface area (Å²) >= 11 is 0. The van der Waals surface area contributed by atoms with Crippen molar-refractivity contribution in [2.24, 2.45) is 11.8 Å². The average molecular weight is 254 g/mol. The van der Waals surface area contributed by atoms with Crippen LogP contribution in [0.2, 0.25) is 0 Å². The van der Waals surface area contributed by atoms with Gasteiger partial charge in [0.25, 0.3) is 0 Å². The molecule has 106 valence electrons. The minimum absolute atomic E-state index is 0.647. The van der Waals surface area contributed by atoms with Crippen LogP contribution >= 0.6 is 0 Å². The summed E-state index contributed by atoms with van der Waals surface area (Å²) in [7, 11) is 0. The van der Waals surface area contributed by atoms with Crippen molar-refractivity contribution in [2.75, 3.05) is 32.8 Å². The molecule has 3 heteroatoms. The molecule has 2 rings (SSSR count). The summed E-state index contributed by atoms with van der Waals surface area (Å²) < 4.78 is 5.47. The monoisotopic (exact) mass is 254 g/mol. The van der Waals surface area contributed by atoms with Gasteiger partial charge in [0.1, 0.15) is 0 Å². The highest BCUT2D eigenvalue weighted by Gasteiger charge is 2.28. The largest absolute Gasteiger partial charge is 0.381 e. The van der Waals surface area contributed by atoms with E-state index >= 15 is 0 Å². The summed E-state index contributed by atoms with van der Waals surface area (Å²) in [5.74, 6) is 1.65.